The molecule has 1 unspecified atom stereocenters. The third kappa shape index (κ3) is 3.65. The van der Waals surface area contributed by atoms with Crippen LogP contribution in [0.2, 0.25) is 0 Å². The van der Waals surface area contributed by atoms with Crippen molar-refractivity contribution in [2.75, 3.05) is 26.2 Å². The molecule has 1 aliphatic heterocycles. The molecule has 2 rings (SSSR count). The molecule has 20 heavy (non-hydrogen) atoms. The van der Waals surface area contributed by atoms with Crippen molar-refractivity contribution in [2.45, 2.75) is 32.8 Å². The fourth-order valence-electron chi connectivity index (χ4n) is 2.59. The Morgan fingerprint density at radius 3 is 2.65 bits per heavy atom. The molecule has 1 aromatic rings. The lowest BCUT2D eigenvalue weighted by Crippen LogP contribution is -2.50. The van der Waals surface area contributed by atoms with E-state index in [-0.39, 0.29) is 12.1 Å². The molecule has 4 nitrogen and oxygen atoms in total. The van der Waals surface area contributed by atoms with Crippen LogP contribution < -0.4 is 4.74 Å². The van der Waals surface area contributed by atoms with Gasteiger partial charge in [-0.2, -0.15) is 0 Å². The van der Waals surface area contributed by atoms with Gasteiger partial charge in [0.05, 0.1) is 6.54 Å². The van der Waals surface area contributed by atoms with Gasteiger partial charge in [0, 0.05) is 19.6 Å². The number of benzene rings is 1. The minimum Gasteiger partial charge on any atom is -0.489 e. The third-order valence-electron chi connectivity index (χ3n) is 3.73. The summed E-state index contributed by atoms with van der Waals surface area (Å²) in [7, 11) is 0. The first-order valence-electron chi connectivity index (χ1n) is 7.50. The minimum atomic E-state index is 0.102. The smallest absolute Gasteiger partial charge is 0.320 e. The molecule has 2 amide bonds. The molecule has 0 aromatic heterocycles. The molecule has 0 aliphatic carbocycles. The summed E-state index contributed by atoms with van der Waals surface area (Å²) in [6, 6.07) is 9.98. The van der Waals surface area contributed by atoms with E-state index in [1.165, 1.54) is 0 Å². The Morgan fingerprint density at radius 2 is 2.00 bits per heavy atom. The topological polar surface area (TPSA) is 32.8 Å². The van der Waals surface area contributed by atoms with Crippen LogP contribution in [0, 0.1) is 0 Å². The van der Waals surface area contributed by atoms with Crippen molar-refractivity contribution in [2.24, 2.45) is 0 Å². The van der Waals surface area contributed by atoms with Crippen molar-refractivity contribution >= 4 is 6.03 Å². The van der Waals surface area contributed by atoms with E-state index in [0.717, 1.165) is 38.2 Å². The zero-order valence-corrected chi connectivity index (χ0v) is 12.4. The molecular weight excluding hydrogens is 252 g/mol. The van der Waals surface area contributed by atoms with Crippen LogP contribution in [0.1, 0.15) is 26.7 Å². The van der Waals surface area contributed by atoms with Crippen molar-refractivity contribution in [3.63, 3.8) is 0 Å². The van der Waals surface area contributed by atoms with Gasteiger partial charge in [0.15, 0.2) is 0 Å². The Bertz CT molecular complexity index is 418. The SMILES string of the molecule is CCN(CC)C(=O)N1CCCC(Oc2ccccc2)C1. The lowest BCUT2D eigenvalue weighted by molar-refractivity contribution is 0.0864. The molecule has 0 saturated carbocycles. The van der Waals surface area contributed by atoms with Gasteiger partial charge in [-0.25, -0.2) is 4.79 Å². The van der Waals surface area contributed by atoms with E-state index in [9.17, 15) is 4.79 Å². The number of ether oxygens (including phenoxy) is 1. The minimum absolute atomic E-state index is 0.102. The summed E-state index contributed by atoms with van der Waals surface area (Å²) in [6.45, 7) is 7.08. The fourth-order valence-corrected chi connectivity index (χ4v) is 2.59. The number of nitrogens with zero attached hydrogens (tertiary/aromatic N) is 2. The molecule has 0 spiro atoms. The molecule has 1 atom stereocenters. The maximum Gasteiger partial charge on any atom is 0.320 e. The van der Waals surface area contributed by atoms with Gasteiger partial charge in [0.1, 0.15) is 11.9 Å². The highest BCUT2D eigenvalue weighted by atomic mass is 16.5. The summed E-state index contributed by atoms with van der Waals surface area (Å²) in [5.74, 6) is 0.884. The summed E-state index contributed by atoms with van der Waals surface area (Å²) < 4.78 is 5.97. The number of rotatable bonds is 4. The maximum absolute atomic E-state index is 12.4. The van der Waals surface area contributed by atoms with Crippen LogP contribution in [-0.4, -0.2) is 48.1 Å². The zero-order chi connectivity index (χ0) is 14.4. The molecular formula is C16H24N2O2. The maximum atomic E-state index is 12.4. The van der Waals surface area contributed by atoms with E-state index < -0.39 is 0 Å². The van der Waals surface area contributed by atoms with Gasteiger partial charge in [-0.3, -0.25) is 0 Å². The highest BCUT2D eigenvalue weighted by Crippen LogP contribution is 2.19. The van der Waals surface area contributed by atoms with E-state index in [2.05, 4.69) is 0 Å². The van der Waals surface area contributed by atoms with Crippen molar-refractivity contribution in [3.05, 3.63) is 30.3 Å². The fraction of sp³-hybridized carbons (Fsp3) is 0.562. The average Bonchev–Trinajstić information content (AvgIpc) is 2.49. The average molecular weight is 276 g/mol. The summed E-state index contributed by atoms with van der Waals surface area (Å²) in [6.07, 6.45) is 2.12. The van der Waals surface area contributed by atoms with Gasteiger partial charge >= 0.3 is 6.03 Å². The van der Waals surface area contributed by atoms with E-state index in [1.54, 1.807) is 0 Å². The van der Waals surface area contributed by atoms with Crippen molar-refractivity contribution in [1.82, 2.24) is 9.80 Å². The van der Waals surface area contributed by atoms with E-state index in [4.69, 9.17) is 4.74 Å². The summed E-state index contributed by atoms with van der Waals surface area (Å²) >= 11 is 0. The predicted octanol–water partition coefficient (Wildman–Crippen LogP) is 2.99. The van der Waals surface area contributed by atoms with Crippen LogP contribution in [0.4, 0.5) is 4.79 Å². The molecule has 1 saturated heterocycles. The molecule has 0 radical (unpaired) electrons. The second kappa shape index (κ2) is 7.17. The summed E-state index contributed by atoms with van der Waals surface area (Å²) in [5.41, 5.74) is 0. The second-order valence-corrected chi connectivity index (χ2v) is 5.10. The van der Waals surface area contributed by atoms with Gasteiger partial charge < -0.3 is 14.5 Å². The number of hydrogen-bond acceptors (Lipinski definition) is 2. The zero-order valence-electron chi connectivity index (χ0n) is 12.4. The first-order valence-corrected chi connectivity index (χ1v) is 7.50. The van der Waals surface area contributed by atoms with Gasteiger partial charge in [0.2, 0.25) is 0 Å². The van der Waals surface area contributed by atoms with Crippen LogP contribution in [0.15, 0.2) is 30.3 Å². The Hall–Kier alpha value is -1.71. The van der Waals surface area contributed by atoms with Crippen LogP contribution in [0.3, 0.4) is 0 Å². The number of carbonyl (C=O) groups excluding carboxylic acids is 1. The second-order valence-electron chi connectivity index (χ2n) is 5.10. The molecule has 1 heterocycles. The summed E-state index contributed by atoms with van der Waals surface area (Å²) in [4.78, 5) is 16.1. The molecule has 1 aromatic carbocycles. The number of urea groups is 1. The van der Waals surface area contributed by atoms with Crippen LogP contribution >= 0.6 is 0 Å². The van der Waals surface area contributed by atoms with Crippen LogP contribution in [0.5, 0.6) is 5.75 Å². The predicted molar refractivity (Wildman–Crippen MR) is 80.0 cm³/mol. The van der Waals surface area contributed by atoms with E-state index in [1.807, 2.05) is 54.0 Å². The van der Waals surface area contributed by atoms with Gasteiger partial charge in [-0.15, -0.1) is 0 Å². The van der Waals surface area contributed by atoms with Crippen molar-refractivity contribution in [1.29, 1.82) is 0 Å². The monoisotopic (exact) mass is 276 g/mol. The van der Waals surface area contributed by atoms with Gasteiger partial charge in [-0.05, 0) is 38.8 Å². The Labute approximate surface area is 121 Å². The number of amides is 2. The number of piperidine rings is 1. The number of carbonyl (C=O) groups is 1. The summed E-state index contributed by atoms with van der Waals surface area (Å²) in [5, 5.41) is 0. The first kappa shape index (κ1) is 14.7. The largest absolute Gasteiger partial charge is 0.489 e. The Balaban J connectivity index is 1.93. The lowest BCUT2D eigenvalue weighted by atomic mass is 10.1. The van der Waals surface area contributed by atoms with Crippen LogP contribution in [0.25, 0.3) is 0 Å². The van der Waals surface area contributed by atoms with Crippen LogP contribution in [-0.2, 0) is 0 Å². The number of likely N-dealkylation sites (tertiary alicyclic amines) is 1. The molecule has 0 N–H and O–H groups in total. The molecule has 4 heteroatoms. The van der Waals surface area contributed by atoms with Crippen molar-refractivity contribution in [3.8, 4) is 5.75 Å². The molecule has 0 bridgehead atoms. The van der Waals surface area contributed by atoms with Gasteiger partial charge in [-0.1, -0.05) is 18.2 Å². The van der Waals surface area contributed by atoms with E-state index in [0.29, 0.717) is 6.54 Å². The standard InChI is InChI=1S/C16H24N2O2/c1-3-17(4-2)16(19)18-12-8-11-15(13-18)20-14-9-6-5-7-10-14/h5-7,9-10,15H,3-4,8,11-13H2,1-2H3. The highest BCUT2D eigenvalue weighted by molar-refractivity contribution is 5.74. The normalized spacial score (nSPS) is 18.7. The third-order valence-corrected chi connectivity index (χ3v) is 3.73. The number of hydrogen-bond donors (Lipinski definition) is 0. The molecule has 1 aliphatic rings. The quantitative estimate of drug-likeness (QED) is 0.847. The lowest BCUT2D eigenvalue weighted by Gasteiger charge is -2.35. The van der Waals surface area contributed by atoms with Crippen molar-refractivity contribution < 1.29 is 9.53 Å². The van der Waals surface area contributed by atoms with Gasteiger partial charge in [0.25, 0.3) is 0 Å². The highest BCUT2D eigenvalue weighted by Gasteiger charge is 2.26. The van der Waals surface area contributed by atoms with E-state index >= 15 is 0 Å². The Morgan fingerprint density at radius 1 is 1.30 bits per heavy atom. The Kier molecular flexibility index (Phi) is 5.27. The molecule has 110 valence electrons. The first-order chi connectivity index (χ1) is 9.74. The molecule has 1 fully saturated rings. The number of para-hydroxylation sites is 1.